The molecule has 0 amide bonds. The molecule has 1 N–H and O–H groups in total. The first kappa shape index (κ1) is 6.75. The molecule has 2 heterocycles. The zero-order valence-electron chi connectivity index (χ0n) is 5.28. The molecule has 0 radical (unpaired) electrons. The molecule has 4 nitrogen and oxygen atoms in total. The van der Waals surface area contributed by atoms with Crippen LogP contribution in [-0.2, 0) is 0 Å². The number of thiazole rings is 1. The topological polar surface area (TPSA) is 54.5 Å². The lowest BCUT2D eigenvalue weighted by molar-refractivity contribution is 0.941. The number of rotatable bonds is 1. The van der Waals surface area contributed by atoms with Gasteiger partial charge in [-0.15, -0.1) is 11.3 Å². The van der Waals surface area contributed by atoms with E-state index in [1.807, 2.05) is 0 Å². The minimum absolute atomic E-state index is 0.656. The summed E-state index contributed by atoms with van der Waals surface area (Å²) in [5.74, 6) is 0. The summed E-state index contributed by atoms with van der Waals surface area (Å²) in [5, 5.41) is 10.8. The molecule has 0 aliphatic heterocycles. The quantitative estimate of drug-likeness (QED) is 0.736. The summed E-state index contributed by atoms with van der Waals surface area (Å²) in [6.45, 7) is 0. The third-order valence-corrected chi connectivity index (χ3v) is 2.25. The van der Waals surface area contributed by atoms with Gasteiger partial charge in [0.25, 0.3) is 0 Å². The number of aromatic amines is 1. The number of aromatic nitrogens is 4. The standard InChI is InChI=1S/C5H3ClN4S/c6-4-2-7-5(11-4)3-1-8-10-9-3/h1-2H,(H,8,9,10). The molecule has 0 aliphatic rings. The summed E-state index contributed by atoms with van der Waals surface area (Å²) in [6.07, 6.45) is 3.20. The van der Waals surface area contributed by atoms with Gasteiger partial charge in [-0.1, -0.05) is 11.6 Å². The Morgan fingerprint density at radius 2 is 2.36 bits per heavy atom. The Kier molecular flexibility index (Phi) is 1.59. The molecular formula is C5H3ClN4S. The van der Waals surface area contributed by atoms with Gasteiger partial charge in [-0.3, -0.25) is 0 Å². The monoisotopic (exact) mass is 186 g/mol. The van der Waals surface area contributed by atoms with Crippen LogP contribution in [0.25, 0.3) is 10.7 Å². The summed E-state index contributed by atoms with van der Waals surface area (Å²) in [4.78, 5) is 4.02. The first-order chi connectivity index (χ1) is 5.36. The predicted molar refractivity (Wildman–Crippen MR) is 42.5 cm³/mol. The highest BCUT2D eigenvalue weighted by atomic mass is 35.5. The van der Waals surface area contributed by atoms with Crippen molar-refractivity contribution in [2.24, 2.45) is 0 Å². The Labute approximate surface area is 71.2 Å². The second kappa shape index (κ2) is 2.60. The molecule has 0 saturated heterocycles. The zero-order chi connectivity index (χ0) is 7.68. The molecule has 0 atom stereocenters. The summed E-state index contributed by atoms with van der Waals surface area (Å²) < 4.78 is 0.656. The van der Waals surface area contributed by atoms with Crippen LogP contribution in [0, 0.1) is 0 Å². The van der Waals surface area contributed by atoms with Gasteiger partial charge in [0.2, 0.25) is 0 Å². The fraction of sp³-hybridized carbons (Fsp3) is 0. The second-order valence-corrected chi connectivity index (χ2v) is 3.49. The lowest BCUT2D eigenvalue weighted by Crippen LogP contribution is -1.73. The van der Waals surface area contributed by atoms with Crippen molar-refractivity contribution in [3.05, 3.63) is 16.7 Å². The van der Waals surface area contributed by atoms with E-state index in [2.05, 4.69) is 20.4 Å². The van der Waals surface area contributed by atoms with E-state index in [0.29, 0.717) is 4.34 Å². The van der Waals surface area contributed by atoms with Crippen LogP contribution in [0.3, 0.4) is 0 Å². The van der Waals surface area contributed by atoms with Gasteiger partial charge in [0, 0.05) is 0 Å². The molecule has 2 aromatic rings. The molecule has 0 spiro atoms. The van der Waals surface area contributed by atoms with Crippen LogP contribution in [-0.4, -0.2) is 20.4 Å². The average Bonchev–Trinajstić information content (AvgIpc) is 2.55. The Balaban J connectivity index is 2.45. The Hall–Kier alpha value is -0.940. The molecule has 0 bridgehead atoms. The average molecular weight is 187 g/mol. The molecule has 2 aromatic heterocycles. The van der Waals surface area contributed by atoms with Crippen LogP contribution >= 0.6 is 22.9 Å². The van der Waals surface area contributed by atoms with E-state index >= 15 is 0 Å². The Bertz CT molecular complexity index is 341. The van der Waals surface area contributed by atoms with Crippen LogP contribution in [0.5, 0.6) is 0 Å². The molecule has 0 saturated carbocycles. The first-order valence-electron chi connectivity index (χ1n) is 2.84. The van der Waals surface area contributed by atoms with Crippen molar-refractivity contribution in [1.29, 1.82) is 0 Å². The van der Waals surface area contributed by atoms with Gasteiger partial charge in [-0.2, -0.15) is 15.4 Å². The maximum Gasteiger partial charge on any atom is 0.146 e. The molecule has 0 aliphatic carbocycles. The van der Waals surface area contributed by atoms with E-state index in [9.17, 15) is 0 Å². The van der Waals surface area contributed by atoms with Crippen LogP contribution < -0.4 is 0 Å². The number of nitrogens with one attached hydrogen (secondary N) is 1. The van der Waals surface area contributed by atoms with Crippen molar-refractivity contribution >= 4 is 22.9 Å². The van der Waals surface area contributed by atoms with Gasteiger partial charge in [0.1, 0.15) is 15.0 Å². The molecule has 0 aromatic carbocycles. The Morgan fingerprint density at radius 3 is 2.91 bits per heavy atom. The van der Waals surface area contributed by atoms with Crippen LogP contribution in [0.2, 0.25) is 4.34 Å². The minimum Gasteiger partial charge on any atom is -0.241 e. The fourth-order valence-corrected chi connectivity index (χ4v) is 1.54. The van der Waals surface area contributed by atoms with Gasteiger partial charge in [0.05, 0.1) is 12.4 Å². The number of hydrogen-bond donors (Lipinski definition) is 1. The fourth-order valence-electron chi connectivity index (χ4n) is 0.678. The van der Waals surface area contributed by atoms with Crippen LogP contribution in [0.15, 0.2) is 12.4 Å². The molecule has 0 unspecified atom stereocenters. The van der Waals surface area contributed by atoms with Gasteiger partial charge < -0.3 is 0 Å². The Morgan fingerprint density at radius 1 is 1.45 bits per heavy atom. The van der Waals surface area contributed by atoms with Gasteiger partial charge >= 0.3 is 0 Å². The number of halogens is 1. The number of hydrogen-bond acceptors (Lipinski definition) is 4. The van der Waals surface area contributed by atoms with Gasteiger partial charge in [-0.25, -0.2) is 4.98 Å². The van der Waals surface area contributed by atoms with Gasteiger partial charge in [0.15, 0.2) is 0 Å². The maximum atomic E-state index is 5.67. The van der Waals surface area contributed by atoms with E-state index in [0.717, 1.165) is 10.7 Å². The van der Waals surface area contributed by atoms with E-state index in [-0.39, 0.29) is 0 Å². The molecule has 2 rings (SSSR count). The van der Waals surface area contributed by atoms with Crippen molar-refractivity contribution in [2.45, 2.75) is 0 Å². The summed E-state index contributed by atoms with van der Waals surface area (Å²) in [6, 6.07) is 0. The van der Waals surface area contributed by atoms with E-state index in [4.69, 9.17) is 11.6 Å². The smallest absolute Gasteiger partial charge is 0.146 e. The molecular weight excluding hydrogens is 184 g/mol. The largest absolute Gasteiger partial charge is 0.241 e. The van der Waals surface area contributed by atoms with Crippen molar-refractivity contribution in [3.63, 3.8) is 0 Å². The van der Waals surface area contributed by atoms with Crippen LogP contribution in [0.4, 0.5) is 0 Å². The first-order valence-corrected chi connectivity index (χ1v) is 4.03. The minimum atomic E-state index is 0.656. The van der Waals surface area contributed by atoms with Crippen molar-refractivity contribution in [3.8, 4) is 10.7 Å². The SMILES string of the molecule is Clc1cnc(-c2cn[nH]n2)s1. The maximum absolute atomic E-state index is 5.67. The lowest BCUT2D eigenvalue weighted by Gasteiger charge is -1.80. The highest BCUT2D eigenvalue weighted by Gasteiger charge is 2.04. The molecule has 0 fully saturated rings. The van der Waals surface area contributed by atoms with Crippen molar-refractivity contribution < 1.29 is 0 Å². The number of H-pyrrole nitrogens is 1. The molecule has 6 heteroatoms. The third-order valence-electron chi connectivity index (χ3n) is 1.11. The van der Waals surface area contributed by atoms with Gasteiger partial charge in [-0.05, 0) is 0 Å². The molecule has 56 valence electrons. The highest BCUT2D eigenvalue weighted by Crippen LogP contribution is 2.25. The highest BCUT2D eigenvalue weighted by molar-refractivity contribution is 7.18. The van der Waals surface area contributed by atoms with E-state index in [1.54, 1.807) is 12.4 Å². The van der Waals surface area contributed by atoms with Crippen LogP contribution in [0.1, 0.15) is 0 Å². The summed E-state index contributed by atoms with van der Waals surface area (Å²) in [5.41, 5.74) is 0.724. The van der Waals surface area contributed by atoms with Crippen molar-refractivity contribution in [1.82, 2.24) is 20.4 Å². The summed E-state index contributed by atoms with van der Waals surface area (Å²) in [7, 11) is 0. The predicted octanol–water partition coefficient (Wildman–Crippen LogP) is 1.58. The molecule has 11 heavy (non-hydrogen) atoms. The van der Waals surface area contributed by atoms with Crippen molar-refractivity contribution in [2.75, 3.05) is 0 Å². The second-order valence-electron chi connectivity index (χ2n) is 1.82. The lowest BCUT2D eigenvalue weighted by atomic mass is 10.5. The van der Waals surface area contributed by atoms with E-state index in [1.165, 1.54) is 11.3 Å². The summed E-state index contributed by atoms with van der Waals surface area (Å²) >= 11 is 7.05. The van der Waals surface area contributed by atoms with E-state index < -0.39 is 0 Å². The normalized spacial score (nSPS) is 10.3. The third kappa shape index (κ3) is 1.24. The zero-order valence-corrected chi connectivity index (χ0v) is 6.85. The number of nitrogens with zero attached hydrogens (tertiary/aromatic N) is 3.